The number of carbonyl (C=O) groups is 5. The van der Waals surface area contributed by atoms with Crippen molar-refractivity contribution in [2.45, 2.75) is 72.0 Å². The number of fused-ring (bicyclic) bond motifs is 2. The summed E-state index contributed by atoms with van der Waals surface area (Å²) in [6, 6.07) is 0. The van der Waals surface area contributed by atoms with Gasteiger partial charge in [0.15, 0.2) is 0 Å². The van der Waals surface area contributed by atoms with E-state index in [-0.39, 0.29) is 24.2 Å². The minimum Gasteiger partial charge on any atom is -0.468 e. The molecule has 3 aliphatic rings. The lowest BCUT2D eigenvalue weighted by Gasteiger charge is -2.57. The van der Waals surface area contributed by atoms with E-state index < -0.39 is 58.8 Å². The Kier molecular flexibility index (Phi) is 7.29. The second kappa shape index (κ2) is 9.59. The van der Waals surface area contributed by atoms with Gasteiger partial charge in [0.1, 0.15) is 23.4 Å². The van der Waals surface area contributed by atoms with Crippen molar-refractivity contribution in [2.24, 2.45) is 22.7 Å². The van der Waals surface area contributed by atoms with Crippen molar-refractivity contribution in [3.63, 3.8) is 0 Å². The number of hydrogen-bond donors (Lipinski definition) is 0. The van der Waals surface area contributed by atoms with Gasteiger partial charge < -0.3 is 18.9 Å². The molecule has 0 aromatic heterocycles. The maximum absolute atomic E-state index is 13.1. The fourth-order valence-corrected chi connectivity index (χ4v) is 6.67. The number of Topliss-reactive ketones (excluding diaryl/α,β-unsaturated/α-hetero) is 1. The van der Waals surface area contributed by atoms with E-state index in [0.29, 0.717) is 19.3 Å². The molecule has 6 atom stereocenters. The van der Waals surface area contributed by atoms with E-state index in [1.165, 1.54) is 28.1 Å². The van der Waals surface area contributed by atoms with Gasteiger partial charge >= 0.3 is 23.9 Å². The van der Waals surface area contributed by atoms with Gasteiger partial charge in [-0.05, 0) is 55.1 Å². The monoisotopic (exact) mass is 490 g/mol. The lowest BCUT2D eigenvalue weighted by molar-refractivity contribution is -0.171. The Bertz CT molecular complexity index is 998. The highest BCUT2D eigenvalue weighted by Gasteiger charge is 2.63. The molecular formula is C26H34O9. The summed E-state index contributed by atoms with van der Waals surface area (Å²) < 4.78 is 21.4. The minimum atomic E-state index is -1.36. The summed E-state index contributed by atoms with van der Waals surface area (Å²) in [7, 11) is 2.51. The van der Waals surface area contributed by atoms with Gasteiger partial charge in [0, 0.05) is 31.8 Å². The van der Waals surface area contributed by atoms with Gasteiger partial charge in [0.05, 0.1) is 14.2 Å². The molecule has 35 heavy (non-hydrogen) atoms. The van der Waals surface area contributed by atoms with Crippen LogP contribution in [-0.4, -0.2) is 56.1 Å². The first-order valence-corrected chi connectivity index (χ1v) is 11.8. The molecule has 0 heterocycles. The first-order valence-electron chi connectivity index (χ1n) is 11.8. The molecule has 0 saturated heterocycles. The summed E-state index contributed by atoms with van der Waals surface area (Å²) in [5, 5.41) is 0. The van der Waals surface area contributed by atoms with Crippen molar-refractivity contribution < 1.29 is 42.9 Å². The number of methoxy groups -OCH3 is 2. The van der Waals surface area contributed by atoms with Gasteiger partial charge in [-0.25, -0.2) is 4.79 Å². The van der Waals surface area contributed by atoms with Gasteiger partial charge in [-0.1, -0.05) is 13.5 Å². The molecule has 0 aromatic carbocycles. The Morgan fingerprint density at radius 1 is 0.971 bits per heavy atom. The third-order valence-corrected chi connectivity index (χ3v) is 8.18. The van der Waals surface area contributed by atoms with Crippen molar-refractivity contribution >= 4 is 29.7 Å². The molecule has 0 bridgehead atoms. The van der Waals surface area contributed by atoms with E-state index in [1.807, 2.05) is 6.92 Å². The van der Waals surface area contributed by atoms with Crippen LogP contribution in [0.5, 0.6) is 0 Å². The standard InChI is InChI=1S/C26H34O9/c1-13(23(30)32-6)17-12-18(34-14(2)27)21-16(22(17)35-15(3)28)8-9-19-25(21,4)11-10-20(29)26(19,5)24(31)33-7/h17-19,22H,1,8-12H2,2-7H3/t17-,18+,19-,22-,25+,26+/m0/s1. The molecule has 0 N–H and O–H groups in total. The molecule has 0 aromatic rings. The van der Waals surface area contributed by atoms with Gasteiger partial charge in [0.25, 0.3) is 0 Å². The second-order valence-corrected chi connectivity index (χ2v) is 10.1. The molecule has 0 spiro atoms. The molecule has 9 nitrogen and oxygen atoms in total. The first-order chi connectivity index (χ1) is 16.3. The predicted molar refractivity (Wildman–Crippen MR) is 123 cm³/mol. The number of ether oxygens (including phenoxy) is 4. The predicted octanol–water partition coefficient (Wildman–Crippen LogP) is 2.85. The zero-order chi connectivity index (χ0) is 26.3. The molecule has 0 aliphatic heterocycles. The Morgan fingerprint density at radius 2 is 1.60 bits per heavy atom. The molecule has 192 valence electrons. The van der Waals surface area contributed by atoms with Crippen molar-refractivity contribution in [3.05, 3.63) is 23.3 Å². The molecule has 3 aliphatic carbocycles. The van der Waals surface area contributed by atoms with Crippen molar-refractivity contribution in [1.82, 2.24) is 0 Å². The lowest BCUT2D eigenvalue weighted by Crippen LogP contribution is -2.58. The molecule has 9 heteroatoms. The Labute approximate surface area is 205 Å². The van der Waals surface area contributed by atoms with Crippen LogP contribution >= 0.6 is 0 Å². The van der Waals surface area contributed by atoms with Gasteiger partial charge in [-0.15, -0.1) is 0 Å². The smallest absolute Gasteiger partial charge is 0.333 e. The Hall–Kier alpha value is -2.97. The van der Waals surface area contributed by atoms with E-state index in [1.54, 1.807) is 6.92 Å². The van der Waals surface area contributed by atoms with Crippen LogP contribution < -0.4 is 0 Å². The van der Waals surface area contributed by atoms with Crippen molar-refractivity contribution in [3.8, 4) is 0 Å². The summed E-state index contributed by atoms with van der Waals surface area (Å²) in [5.74, 6) is -3.51. The van der Waals surface area contributed by atoms with Gasteiger partial charge in [0.2, 0.25) is 0 Å². The van der Waals surface area contributed by atoms with E-state index in [9.17, 15) is 24.0 Å². The second-order valence-electron chi connectivity index (χ2n) is 10.1. The Balaban J connectivity index is 2.23. The minimum absolute atomic E-state index is 0.118. The summed E-state index contributed by atoms with van der Waals surface area (Å²) >= 11 is 0. The highest BCUT2D eigenvalue weighted by atomic mass is 16.6. The van der Waals surface area contributed by atoms with Gasteiger partial charge in [-0.2, -0.15) is 0 Å². The van der Waals surface area contributed by atoms with E-state index in [4.69, 9.17) is 18.9 Å². The average molecular weight is 491 g/mol. The summed E-state index contributed by atoms with van der Waals surface area (Å²) in [4.78, 5) is 62.6. The summed E-state index contributed by atoms with van der Waals surface area (Å²) in [6.07, 6.45) is 0.0259. The highest BCUT2D eigenvalue weighted by Crippen LogP contribution is 2.62. The topological polar surface area (TPSA) is 122 Å². The van der Waals surface area contributed by atoms with Crippen LogP contribution in [0.15, 0.2) is 23.3 Å². The number of rotatable bonds is 5. The number of hydrogen-bond acceptors (Lipinski definition) is 9. The average Bonchev–Trinajstić information content (AvgIpc) is 2.80. The van der Waals surface area contributed by atoms with Crippen LogP contribution in [0, 0.1) is 22.7 Å². The lowest BCUT2D eigenvalue weighted by atomic mass is 9.47. The fraction of sp³-hybridized carbons (Fsp3) is 0.654. The van der Waals surface area contributed by atoms with Crippen LogP contribution in [0.3, 0.4) is 0 Å². The zero-order valence-electron chi connectivity index (χ0n) is 21.2. The molecule has 1 saturated carbocycles. The van der Waals surface area contributed by atoms with E-state index >= 15 is 0 Å². The normalized spacial score (nSPS) is 34.2. The molecule has 0 amide bonds. The number of ketones is 1. The quantitative estimate of drug-likeness (QED) is 0.188. The Morgan fingerprint density at radius 3 is 2.14 bits per heavy atom. The molecule has 3 rings (SSSR count). The third-order valence-electron chi connectivity index (χ3n) is 8.18. The van der Waals surface area contributed by atoms with Crippen LogP contribution in [0.25, 0.3) is 0 Å². The number of esters is 4. The van der Waals surface area contributed by atoms with Crippen LogP contribution in [0.1, 0.15) is 59.8 Å². The highest BCUT2D eigenvalue weighted by molar-refractivity contribution is 6.04. The largest absolute Gasteiger partial charge is 0.468 e. The summed E-state index contributed by atoms with van der Waals surface area (Å²) in [6.45, 7) is 10.1. The first kappa shape index (κ1) is 26.6. The SMILES string of the molecule is C=C(C(=O)OC)[C@@H]1C[C@@H](OC(C)=O)C2=C(CC[C@@H]3[C@@](C)(C(=O)OC)C(=O)CC[C@@]23C)[C@@H]1OC(C)=O. The van der Waals surface area contributed by atoms with E-state index in [2.05, 4.69) is 6.58 Å². The molecule has 0 unspecified atom stereocenters. The maximum Gasteiger partial charge on any atom is 0.333 e. The van der Waals surface area contributed by atoms with Crippen LogP contribution in [0.2, 0.25) is 0 Å². The fourth-order valence-electron chi connectivity index (χ4n) is 6.67. The van der Waals surface area contributed by atoms with Crippen molar-refractivity contribution in [2.75, 3.05) is 14.2 Å². The van der Waals surface area contributed by atoms with E-state index in [0.717, 1.165) is 11.1 Å². The number of carbonyl (C=O) groups excluding carboxylic acids is 5. The zero-order valence-corrected chi connectivity index (χ0v) is 21.2. The van der Waals surface area contributed by atoms with Crippen molar-refractivity contribution in [1.29, 1.82) is 0 Å². The van der Waals surface area contributed by atoms with Crippen LogP contribution in [-0.2, 0) is 42.9 Å². The van der Waals surface area contributed by atoms with Crippen LogP contribution in [0.4, 0.5) is 0 Å². The molecule has 1 fully saturated rings. The molecular weight excluding hydrogens is 456 g/mol. The van der Waals surface area contributed by atoms with Gasteiger partial charge in [-0.3, -0.25) is 19.2 Å². The summed E-state index contributed by atoms with van der Waals surface area (Å²) in [5.41, 5.74) is -0.446. The molecule has 0 radical (unpaired) electrons. The maximum atomic E-state index is 13.1. The third kappa shape index (κ3) is 4.29.